The van der Waals surface area contributed by atoms with Crippen molar-refractivity contribution in [3.05, 3.63) is 33.6 Å². The molecule has 0 spiro atoms. The van der Waals surface area contributed by atoms with Crippen LogP contribution >= 0.6 is 23.2 Å². The number of hydrogen-bond acceptors (Lipinski definition) is 1. The van der Waals surface area contributed by atoms with Gasteiger partial charge in [-0.1, -0.05) is 35.0 Å². The van der Waals surface area contributed by atoms with Crippen LogP contribution in [-0.4, -0.2) is 13.6 Å². The summed E-state index contributed by atoms with van der Waals surface area (Å²) in [6.07, 6.45) is 0.707. The molecule has 0 aliphatic carbocycles. The molecule has 0 saturated carbocycles. The average Bonchev–Trinajstić information content (AvgIpc) is 2.21. The molecule has 1 aromatic rings. The predicted octanol–water partition coefficient (Wildman–Crippen LogP) is 3.09. The highest BCUT2D eigenvalue weighted by atomic mass is 35.5. The Bertz CT molecular complexity index is 384. The molecule has 0 unspecified atom stereocenters. The number of benzene rings is 1. The Morgan fingerprint density at radius 2 is 2.13 bits per heavy atom. The van der Waals surface area contributed by atoms with Gasteiger partial charge in [0.1, 0.15) is 5.82 Å². The highest BCUT2D eigenvalue weighted by Crippen LogP contribution is 2.25. The maximum Gasteiger partial charge on any atom is 0.144 e. The third kappa shape index (κ3) is 3.71. The van der Waals surface area contributed by atoms with Crippen LogP contribution in [0.2, 0.25) is 10.0 Å². The Balaban J connectivity index is 2.81. The smallest absolute Gasteiger partial charge is 0.144 e. The lowest BCUT2D eigenvalue weighted by Gasteiger charge is -1.98. The molecule has 4 heteroatoms. The van der Waals surface area contributed by atoms with Gasteiger partial charge in [0.15, 0.2) is 0 Å². The van der Waals surface area contributed by atoms with Gasteiger partial charge in [-0.25, -0.2) is 4.39 Å². The van der Waals surface area contributed by atoms with Crippen molar-refractivity contribution in [1.82, 2.24) is 5.32 Å². The summed E-state index contributed by atoms with van der Waals surface area (Å²) in [6, 6.07) is 2.83. The molecule has 1 aromatic carbocycles. The van der Waals surface area contributed by atoms with Gasteiger partial charge >= 0.3 is 0 Å². The lowest BCUT2D eigenvalue weighted by atomic mass is 10.2. The van der Waals surface area contributed by atoms with Crippen molar-refractivity contribution in [2.75, 3.05) is 13.6 Å². The van der Waals surface area contributed by atoms with Crippen molar-refractivity contribution < 1.29 is 4.39 Å². The van der Waals surface area contributed by atoms with Crippen molar-refractivity contribution in [2.24, 2.45) is 0 Å². The van der Waals surface area contributed by atoms with Crippen molar-refractivity contribution >= 4 is 23.2 Å². The summed E-state index contributed by atoms with van der Waals surface area (Å²) in [5.41, 5.74) is 0.540. The summed E-state index contributed by atoms with van der Waals surface area (Å²) in [4.78, 5) is 0. The van der Waals surface area contributed by atoms with E-state index in [2.05, 4.69) is 17.2 Å². The first kappa shape index (κ1) is 12.3. The molecule has 0 aliphatic rings. The Labute approximate surface area is 98.6 Å². The van der Waals surface area contributed by atoms with Gasteiger partial charge in [-0.2, -0.15) is 0 Å². The van der Waals surface area contributed by atoms with E-state index in [-0.39, 0.29) is 10.0 Å². The molecule has 1 rings (SSSR count). The molecular weight excluding hydrogens is 236 g/mol. The molecule has 0 bridgehead atoms. The van der Waals surface area contributed by atoms with E-state index in [9.17, 15) is 4.39 Å². The summed E-state index contributed by atoms with van der Waals surface area (Å²) < 4.78 is 13.1. The maximum absolute atomic E-state index is 13.1. The summed E-state index contributed by atoms with van der Waals surface area (Å²) in [5.74, 6) is 5.17. The Morgan fingerprint density at radius 3 is 2.73 bits per heavy atom. The third-order valence-electron chi connectivity index (χ3n) is 1.72. The van der Waals surface area contributed by atoms with Gasteiger partial charge in [0.05, 0.1) is 10.0 Å². The van der Waals surface area contributed by atoms with Crippen LogP contribution in [-0.2, 0) is 0 Å². The fourth-order valence-corrected chi connectivity index (χ4v) is 1.30. The minimum atomic E-state index is -0.540. The quantitative estimate of drug-likeness (QED) is 0.480. The predicted molar refractivity (Wildman–Crippen MR) is 61.8 cm³/mol. The highest BCUT2D eigenvalue weighted by Gasteiger charge is 2.05. The molecule has 0 aromatic heterocycles. The van der Waals surface area contributed by atoms with E-state index in [0.29, 0.717) is 12.0 Å². The number of hydrogen-bond donors (Lipinski definition) is 1. The number of rotatable bonds is 2. The topological polar surface area (TPSA) is 12.0 Å². The minimum Gasteiger partial charge on any atom is -0.319 e. The number of nitrogens with one attached hydrogen (secondary N) is 1. The van der Waals surface area contributed by atoms with Gasteiger partial charge in [-0.3, -0.25) is 0 Å². The van der Waals surface area contributed by atoms with E-state index >= 15 is 0 Å². The van der Waals surface area contributed by atoms with Crippen LogP contribution in [0.15, 0.2) is 12.1 Å². The zero-order valence-corrected chi connectivity index (χ0v) is 9.71. The summed E-state index contributed by atoms with van der Waals surface area (Å²) in [7, 11) is 1.85. The normalized spacial score (nSPS) is 9.60. The zero-order valence-electron chi connectivity index (χ0n) is 8.20. The van der Waals surface area contributed by atoms with Crippen LogP contribution in [0.3, 0.4) is 0 Å². The molecule has 15 heavy (non-hydrogen) atoms. The largest absolute Gasteiger partial charge is 0.319 e. The molecule has 0 amide bonds. The van der Waals surface area contributed by atoms with Crippen molar-refractivity contribution in [3.8, 4) is 11.8 Å². The maximum atomic E-state index is 13.1. The average molecular weight is 246 g/mol. The standard InChI is InChI=1S/C11H10Cl2FN/c1-15-5-3-2-4-8-6-9(12)11(13)10(14)7-8/h6-7,15H,3,5H2,1H3. The first-order valence-corrected chi connectivity index (χ1v) is 5.18. The minimum absolute atomic E-state index is 0.0579. The fraction of sp³-hybridized carbons (Fsp3) is 0.273. The molecule has 0 radical (unpaired) electrons. The fourth-order valence-electron chi connectivity index (χ4n) is 0.980. The SMILES string of the molecule is CNCCC#Cc1cc(F)c(Cl)c(Cl)c1. The monoisotopic (exact) mass is 245 g/mol. The Hall–Kier alpha value is -0.750. The van der Waals surface area contributed by atoms with Crippen LogP contribution in [0.5, 0.6) is 0 Å². The van der Waals surface area contributed by atoms with Gasteiger partial charge < -0.3 is 5.32 Å². The third-order valence-corrected chi connectivity index (χ3v) is 2.50. The molecule has 0 atom stereocenters. The van der Waals surface area contributed by atoms with Gasteiger partial charge in [-0.15, -0.1) is 0 Å². The van der Waals surface area contributed by atoms with Crippen molar-refractivity contribution in [1.29, 1.82) is 0 Å². The van der Waals surface area contributed by atoms with Crippen LogP contribution in [0, 0.1) is 17.7 Å². The van der Waals surface area contributed by atoms with E-state index in [1.54, 1.807) is 6.07 Å². The van der Waals surface area contributed by atoms with Gasteiger partial charge in [-0.05, 0) is 19.2 Å². The highest BCUT2D eigenvalue weighted by molar-refractivity contribution is 6.42. The van der Waals surface area contributed by atoms with E-state index in [0.717, 1.165) is 6.54 Å². The summed E-state index contributed by atoms with van der Waals surface area (Å²) in [5, 5.41) is 3.09. The summed E-state index contributed by atoms with van der Waals surface area (Å²) >= 11 is 11.3. The molecule has 0 heterocycles. The molecule has 0 aliphatic heterocycles. The molecular formula is C11H10Cl2FN. The Kier molecular flexibility index (Phi) is 4.90. The molecule has 1 N–H and O–H groups in total. The zero-order chi connectivity index (χ0) is 11.3. The molecule has 1 nitrogen and oxygen atoms in total. The molecule has 0 fully saturated rings. The van der Waals surface area contributed by atoms with Crippen LogP contribution in [0.4, 0.5) is 4.39 Å². The van der Waals surface area contributed by atoms with Gasteiger partial charge in [0.25, 0.3) is 0 Å². The second-order valence-corrected chi connectivity index (χ2v) is 3.69. The molecule has 0 saturated heterocycles. The lowest BCUT2D eigenvalue weighted by molar-refractivity contribution is 0.628. The van der Waals surface area contributed by atoms with Crippen LogP contribution in [0.1, 0.15) is 12.0 Å². The van der Waals surface area contributed by atoms with Gasteiger partial charge in [0, 0.05) is 18.5 Å². The van der Waals surface area contributed by atoms with E-state index < -0.39 is 5.82 Å². The second-order valence-electron chi connectivity index (χ2n) is 2.91. The summed E-state index contributed by atoms with van der Waals surface area (Å²) in [6.45, 7) is 0.802. The van der Waals surface area contributed by atoms with Crippen LogP contribution in [0.25, 0.3) is 0 Å². The lowest BCUT2D eigenvalue weighted by Crippen LogP contribution is -2.05. The van der Waals surface area contributed by atoms with Gasteiger partial charge in [0.2, 0.25) is 0 Å². The number of halogens is 3. The first-order chi connectivity index (χ1) is 7.15. The Morgan fingerprint density at radius 1 is 1.40 bits per heavy atom. The molecule has 80 valence electrons. The van der Waals surface area contributed by atoms with Crippen molar-refractivity contribution in [2.45, 2.75) is 6.42 Å². The van der Waals surface area contributed by atoms with E-state index in [1.165, 1.54) is 6.07 Å². The van der Waals surface area contributed by atoms with Crippen molar-refractivity contribution in [3.63, 3.8) is 0 Å². The second kappa shape index (κ2) is 5.97. The van der Waals surface area contributed by atoms with E-state index in [1.807, 2.05) is 7.05 Å². The van der Waals surface area contributed by atoms with E-state index in [4.69, 9.17) is 23.2 Å². The van der Waals surface area contributed by atoms with Crippen LogP contribution < -0.4 is 5.32 Å². The first-order valence-electron chi connectivity index (χ1n) is 4.43.